The number of hydrogen-bond donors (Lipinski definition) is 0. The van der Waals surface area contributed by atoms with Crippen LogP contribution in [-0.4, -0.2) is 19.9 Å². The maximum absolute atomic E-state index is 5.17. The molecule has 0 saturated heterocycles. The van der Waals surface area contributed by atoms with Crippen LogP contribution in [0.2, 0.25) is 0 Å². The topological polar surface area (TPSA) is 51.6 Å². The number of aromatic nitrogens is 4. The predicted octanol–water partition coefficient (Wildman–Crippen LogP) is 14.9. The second-order valence-electron chi connectivity index (χ2n) is 16.4. The highest BCUT2D eigenvalue weighted by molar-refractivity contribution is 5.97. The molecule has 4 heteroatoms. The fraction of sp³-hybridized carbons (Fsp3) is 0.0333. The lowest BCUT2D eigenvalue weighted by Crippen LogP contribution is -2.25. The van der Waals surface area contributed by atoms with Crippen molar-refractivity contribution in [2.45, 2.75) is 12.3 Å². The summed E-state index contributed by atoms with van der Waals surface area (Å²) in [5, 5.41) is 4.68. The first-order valence-corrected chi connectivity index (χ1v) is 21.7. The van der Waals surface area contributed by atoms with Gasteiger partial charge in [0.15, 0.2) is 11.6 Å². The van der Waals surface area contributed by atoms with E-state index in [-0.39, 0.29) is 0 Å². The lowest BCUT2D eigenvalue weighted by atomic mass is 9.71. The van der Waals surface area contributed by atoms with Gasteiger partial charge in [-0.15, -0.1) is 0 Å². The fourth-order valence-corrected chi connectivity index (χ4v) is 9.02. The summed E-state index contributed by atoms with van der Waals surface area (Å²) in [6.45, 7) is 2.32. The van der Waals surface area contributed by atoms with Crippen molar-refractivity contribution in [2.24, 2.45) is 0 Å². The Hall–Kier alpha value is -8.34. The van der Waals surface area contributed by atoms with E-state index in [0.717, 1.165) is 66.9 Å². The molecule has 0 bridgehead atoms. The van der Waals surface area contributed by atoms with Gasteiger partial charge in [0.25, 0.3) is 0 Å². The first-order valence-electron chi connectivity index (χ1n) is 21.7. The molecular formula is C60H42N4. The largest absolute Gasteiger partial charge is 0.228 e. The quantitative estimate of drug-likeness (QED) is 0.136. The molecule has 0 fully saturated rings. The Balaban J connectivity index is 0.993. The molecule has 0 spiro atoms. The van der Waals surface area contributed by atoms with Crippen LogP contribution in [0.15, 0.2) is 237 Å². The zero-order chi connectivity index (χ0) is 42.9. The van der Waals surface area contributed by atoms with Crippen molar-refractivity contribution in [1.82, 2.24) is 19.9 Å². The second kappa shape index (κ2) is 16.5. The molecule has 0 aliphatic rings. The van der Waals surface area contributed by atoms with E-state index in [1.807, 2.05) is 36.4 Å². The van der Waals surface area contributed by atoms with Gasteiger partial charge in [-0.3, -0.25) is 0 Å². The molecule has 0 atom stereocenters. The van der Waals surface area contributed by atoms with Crippen LogP contribution in [0.25, 0.3) is 89.4 Å². The van der Waals surface area contributed by atoms with Gasteiger partial charge in [-0.1, -0.05) is 224 Å². The van der Waals surface area contributed by atoms with Gasteiger partial charge in [-0.2, -0.15) is 0 Å². The predicted molar refractivity (Wildman–Crippen MR) is 264 cm³/mol. The van der Waals surface area contributed by atoms with Gasteiger partial charge in [-0.25, -0.2) is 19.9 Å². The smallest absolute Gasteiger partial charge is 0.160 e. The minimum absolute atomic E-state index is 0.470. The first kappa shape index (κ1) is 38.6. The van der Waals surface area contributed by atoms with Crippen LogP contribution in [0, 0.1) is 0 Å². The molecular weight excluding hydrogens is 777 g/mol. The van der Waals surface area contributed by atoms with E-state index in [1.54, 1.807) is 0 Å². The molecule has 0 radical (unpaired) electrons. The Morgan fingerprint density at radius 1 is 0.281 bits per heavy atom. The van der Waals surface area contributed by atoms with Crippen molar-refractivity contribution in [2.75, 3.05) is 0 Å². The molecule has 0 saturated carbocycles. The second-order valence-corrected chi connectivity index (χ2v) is 16.4. The van der Waals surface area contributed by atoms with Gasteiger partial charge in [0, 0.05) is 38.8 Å². The highest BCUT2D eigenvalue weighted by Crippen LogP contribution is 2.41. The van der Waals surface area contributed by atoms with Gasteiger partial charge in [0.1, 0.15) is 0 Å². The summed E-state index contributed by atoms with van der Waals surface area (Å²) in [5.41, 5.74) is 12.8. The maximum Gasteiger partial charge on any atom is 0.160 e. The van der Waals surface area contributed by atoms with Crippen molar-refractivity contribution >= 4 is 21.5 Å². The lowest BCUT2D eigenvalue weighted by Gasteiger charge is -2.32. The molecule has 0 aliphatic carbocycles. The van der Waals surface area contributed by atoms with Gasteiger partial charge < -0.3 is 0 Å². The summed E-state index contributed by atoms with van der Waals surface area (Å²) < 4.78 is 0. The van der Waals surface area contributed by atoms with Crippen molar-refractivity contribution in [3.05, 3.63) is 253 Å². The van der Waals surface area contributed by atoms with E-state index >= 15 is 0 Å². The fourth-order valence-electron chi connectivity index (χ4n) is 9.02. The molecule has 0 unspecified atom stereocenters. The first-order chi connectivity index (χ1) is 31.6. The SMILES string of the molecule is CC(c1ccccc1)(c1ccc(-c2cc(-c3cccc4ccccc34)nc(-c3ccccc3)n2)cc1)c1ccc(-c2cc(-c3cccc4ccccc34)nc(-c3ccccc3)n2)cc1. The average Bonchev–Trinajstić information content (AvgIpc) is 3.38. The van der Waals surface area contributed by atoms with E-state index in [1.165, 1.54) is 27.5 Å². The number of hydrogen-bond acceptors (Lipinski definition) is 4. The molecule has 0 aliphatic heterocycles. The summed E-state index contributed by atoms with van der Waals surface area (Å²) in [7, 11) is 0. The molecule has 302 valence electrons. The van der Waals surface area contributed by atoms with Crippen molar-refractivity contribution < 1.29 is 0 Å². The summed E-state index contributed by atoms with van der Waals surface area (Å²) in [6.07, 6.45) is 0. The van der Waals surface area contributed by atoms with Crippen molar-refractivity contribution in [3.8, 4) is 67.8 Å². The highest BCUT2D eigenvalue weighted by Gasteiger charge is 2.31. The lowest BCUT2D eigenvalue weighted by molar-refractivity contribution is 0.693. The van der Waals surface area contributed by atoms with E-state index in [0.29, 0.717) is 11.6 Å². The van der Waals surface area contributed by atoms with Crippen LogP contribution in [0.1, 0.15) is 23.6 Å². The Bertz CT molecular complexity index is 3200. The summed E-state index contributed by atoms with van der Waals surface area (Å²) >= 11 is 0. The summed E-state index contributed by atoms with van der Waals surface area (Å²) in [4.78, 5) is 20.6. The Kier molecular flexibility index (Phi) is 9.95. The molecule has 9 aromatic carbocycles. The minimum Gasteiger partial charge on any atom is -0.228 e. The minimum atomic E-state index is -0.470. The van der Waals surface area contributed by atoms with Crippen molar-refractivity contribution in [1.29, 1.82) is 0 Å². The molecule has 11 aromatic rings. The van der Waals surface area contributed by atoms with Gasteiger partial charge in [-0.05, 0) is 57.3 Å². The van der Waals surface area contributed by atoms with Crippen molar-refractivity contribution in [3.63, 3.8) is 0 Å². The molecule has 2 heterocycles. The third-order valence-electron chi connectivity index (χ3n) is 12.5. The summed E-state index contributed by atoms with van der Waals surface area (Å²) in [6, 6.07) is 83.1. The maximum atomic E-state index is 5.17. The van der Waals surface area contributed by atoms with E-state index in [9.17, 15) is 0 Å². The average molecular weight is 819 g/mol. The monoisotopic (exact) mass is 818 g/mol. The standard InChI is InChI=1S/C60H42N4/c1-60(47-25-9-4-10-26-47,48-35-31-43(32-36-48)54-39-56(63-58(61-54)45-19-5-2-6-20-45)52-29-15-23-41-17-11-13-27-50(41)52)49-37-33-44(34-38-49)55-40-57(64-59(62-55)46-21-7-3-8-22-46)53-30-16-24-42-18-12-14-28-51(42)53/h2-40H,1H3. The van der Waals surface area contributed by atoms with Crippen LogP contribution >= 0.6 is 0 Å². The van der Waals surface area contributed by atoms with Gasteiger partial charge in [0.05, 0.1) is 22.8 Å². The highest BCUT2D eigenvalue weighted by atomic mass is 14.9. The van der Waals surface area contributed by atoms with Crippen LogP contribution in [0.5, 0.6) is 0 Å². The Morgan fingerprint density at radius 2 is 0.625 bits per heavy atom. The Morgan fingerprint density at radius 3 is 1.06 bits per heavy atom. The van der Waals surface area contributed by atoms with E-state index in [4.69, 9.17) is 19.9 Å². The van der Waals surface area contributed by atoms with Crippen LogP contribution < -0.4 is 0 Å². The molecule has 11 rings (SSSR count). The van der Waals surface area contributed by atoms with Crippen LogP contribution in [0.4, 0.5) is 0 Å². The van der Waals surface area contributed by atoms with Gasteiger partial charge >= 0.3 is 0 Å². The number of benzene rings is 9. The normalized spacial score (nSPS) is 11.5. The number of rotatable bonds is 9. The molecule has 0 amide bonds. The zero-order valence-electron chi connectivity index (χ0n) is 35.3. The molecule has 64 heavy (non-hydrogen) atoms. The third kappa shape index (κ3) is 7.21. The zero-order valence-corrected chi connectivity index (χ0v) is 35.3. The number of fused-ring (bicyclic) bond motifs is 2. The third-order valence-corrected chi connectivity index (χ3v) is 12.5. The van der Waals surface area contributed by atoms with Gasteiger partial charge in [0.2, 0.25) is 0 Å². The Labute approximate surface area is 373 Å². The molecule has 2 aromatic heterocycles. The van der Waals surface area contributed by atoms with E-state index < -0.39 is 5.41 Å². The van der Waals surface area contributed by atoms with Crippen LogP contribution in [-0.2, 0) is 5.41 Å². The molecule has 4 nitrogen and oxygen atoms in total. The van der Waals surface area contributed by atoms with Crippen LogP contribution in [0.3, 0.4) is 0 Å². The summed E-state index contributed by atoms with van der Waals surface area (Å²) in [5.74, 6) is 1.39. The number of nitrogens with zero attached hydrogens (tertiary/aromatic N) is 4. The van der Waals surface area contributed by atoms with E-state index in [2.05, 4.69) is 207 Å². The molecule has 0 N–H and O–H groups in total.